The molecule has 0 aromatic heterocycles. The molecule has 2 bridgehead atoms. The number of benzene rings is 1. The molecule has 1 aromatic rings. The van der Waals surface area contributed by atoms with Crippen LogP contribution in [0, 0.1) is 17.8 Å². The van der Waals surface area contributed by atoms with Gasteiger partial charge in [0.25, 0.3) is 5.91 Å². The van der Waals surface area contributed by atoms with Gasteiger partial charge in [0.15, 0.2) is 0 Å². The van der Waals surface area contributed by atoms with E-state index < -0.39 is 0 Å². The quantitative estimate of drug-likeness (QED) is 0.750. The van der Waals surface area contributed by atoms with Gasteiger partial charge in [-0.15, -0.1) is 0 Å². The van der Waals surface area contributed by atoms with Gasteiger partial charge >= 0.3 is 0 Å². The third-order valence-corrected chi connectivity index (χ3v) is 5.54. The Balaban J connectivity index is 1.56. The smallest absolute Gasteiger partial charge is 0.251 e. The van der Waals surface area contributed by atoms with Crippen molar-refractivity contribution < 1.29 is 14.7 Å². The Hall–Kier alpha value is -1.88. The molecule has 130 valence electrons. The molecule has 5 nitrogen and oxygen atoms in total. The highest BCUT2D eigenvalue weighted by atomic mass is 16.3. The van der Waals surface area contributed by atoms with E-state index in [4.69, 9.17) is 5.11 Å². The van der Waals surface area contributed by atoms with Crippen molar-refractivity contribution in [3.05, 3.63) is 29.8 Å². The zero-order valence-corrected chi connectivity index (χ0v) is 14.1. The van der Waals surface area contributed by atoms with Crippen LogP contribution in [0.1, 0.15) is 49.4 Å². The van der Waals surface area contributed by atoms with Crippen LogP contribution in [0.25, 0.3) is 0 Å². The highest BCUT2D eigenvalue weighted by molar-refractivity contribution is 5.96. The monoisotopic (exact) mass is 330 g/mol. The number of carbonyl (C=O) groups is 2. The second-order valence-electron chi connectivity index (χ2n) is 7.11. The van der Waals surface area contributed by atoms with Crippen molar-refractivity contribution in [1.29, 1.82) is 0 Å². The van der Waals surface area contributed by atoms with E-state index in [9.17, 15) is 9.59 Å². The van der Waals surface area contributed by atoms with Crippen LogP contribution in [-0.2, 0) is 4.79 Å². The van der Waals surface area contributed by atoms with Crippen LogP contribution in [0.15, 0.2) is 24.3 Å². The Labute approximate surface area is 142 Å². The number of fused-ring (bicyclic) bond motifs is 2. The molecule has 3 N–H and O–H groups in total. The lowest BCUT2D eigenvalue weighted by atomic mass is 9.88. The fourth-order valence-electron chi connectivity index (χ4n) is 4.05. The number of hydrogen-bond donors (Lipinski definition) is 3. The van der Waals surface area contributed by atoms with E-state index in [1.807, 2.05) is 6.92 Å². The van der Waals surface area contributed by atoms with E-state index in [1.54, 1.807) is 24.3 Å². The second-order valence-corrected chi connectivity index (χ2v) is 7.11. The zero-order valence-electron chi connectivity index (χ0n) is 14.1. The largest absolute Gasteiger partial charge is 0.394 e. The first-order valence-corrected chi connectivity index (χ1v) is 8.93. The minimum Gasteiger partial charge on any atom is -0.394 e. The van der Waals surface area contributed by atoms with E-state index in [2.05, 4.69) is 10.6 Å². The summed E-state index contributed by atoms with van der Waals surface area (Å²) in [6.45, 7) is 1.84. The molecule has 0 spiro atoms. The molecule has 24 heavy (non-hydrogen) atoms. The minimum absolute atomic E-state index is 0.0695. The SMILES string of the molecule is CC[C@H](CO)NC(=O)c1ccc(NC(=O)[C@H]2C[C@H]3CC[C@H]2C3)cc1. The third-order valence-electron chi connectivity index (χ3n) is 5.54. The Kier molecular flexibility index (Phi) is 5.19. The number of rotatable bonds is 6. The van der Waals surface area contributed by atoms with E-state index in [-0.39, 0.29) is 30.4 Å². The average Bonchev–Trinajstić information content (AvgIpc) is 3.23. The Morgan fingerprint density at radius 3 is 2.50 bits per heavy atom. The summed E-state index contributed by atoms with van der Waals surface area (Å²) in [5.74, 6) is 1.37. The fraction of sp³-hybridized carbons (Fsp3) is 0.579. The highest BCUT2D eigenvalue weighted by Crippen LogP contribution is 2.48. The van der Waals surface area contributed by atoms with Crippen LogP contribution in [0.2, 0.25) is 0 Å². The number of anilines is 1. The molecular formula is C19H26N2O3. The summed E-state index contributed by atoms with van der Waals surface area (Å²) in [5.41, 5.74) is 1.26. The molecule has 2 saturated carbocycles. The number of hydrogen-bond acceptors (Lipinski definition) is 3. The molecule has 2 fully saturated rings. The molecule has 4 atom stereocenters. The van der Waals surface area contributed by atoms with Gasteiger partial charge in [-0.2, -0.15) is 0 Å². The lowest BCUT2D eigenvalue weighted by molar-refractivity contribution is -0.121. The maximum Gasteiger partial charge on any atom is 0.251 e. The summed E-state index contributed by atoms with van der Waals surface area (Å²) >= 11 is 0. The molecule has 2 aliphatic carbocycles. The summed E-state index contributed by atoms with van der Waals surface area (Å²) in [4.78, 5) is 24.5. The first-order valence-electron chi connectivity index (χ1n) is 8.93. The normalized spacial score (nSPS) is 26.2. The van der Waals surface area contributed by atoms with Crippen molar-refractivity contribution in [2.24, 2.45) is 17.8 Å². The molecule has 1 aromatic carbocycles. The molecule has 0 aliphatic heterocycles. The zero-order chi connectivity index (χ0) is 17.1. The van der Waals surface area contributed by atoms with Crippen LogP contribution in [0.4, 0.5) is 5.69 Å². The van der Waals surface area contributed by atoms with E-state index in [0.29, 0.717) is 17.9 Å². The third kappa shape index (κ3) is 3.61. The summed E-state index contributed by atoms with van der Waals surface area (Å²) < 4.78 is 0. The molecule has 3 rings (SSSR count). The van der Waals surface area contributed by atoms with Gasteiger partial charge in [-0.25, -0.2) is 0 Å². The van der Waals surface area contributed by atoms with Crippen molar-refractivity contribution in [2.75, 3.05) is 11.9 Å². The van der Waals surface area contributed by atoms with Crippen molar-refractivity contribution in [1.82, 2.24) is 5.32 Å². The predicted octanol–water partition coefficient (Wildman–Crippen LogP) is 2.56. The molecule has 2 aliphatic rings. The molecule has 0 heterocycles. The molecule has 0 saturated heterocycles. The van der Waals surface area contributed by atoms with Gasteiger partial charge in [-0.3, -0.25) is 9.59 Å². The van der Waals surface area contributed by atoms with Gasteiger partial charge < -0.3 is 15.7 Å². The number of amides is 2. The number of nitrogens with one attached hydrogen (secondary N) is 2. The Bertz CT molecular complexity index is 595. The van der Waals surface area contributed by atoms with Crippen molar-refractivity contribution in [2.45, 2.75) is 45.1 Å². The molecule has 0 radical (unpaired) electrons. The van der Waals surface area contributed by atoms with Crippen LogP contribution in [-0.4, -0.2) is 29.6 Å². The first-order chi connectivity index (χ1) is 11.6. The highest BCUT2D eigenvalue weighted by Gasteiger charge is 2.42. The Morgan fingerprint density at radius 1 is 1.21 bits per heavy atom. The molecule has 0 unspecified atom stereocenters. The number of aliphatic hydroxyl groups is 1. The fourth-order valence-corrected chi connectivity index (χ4v) is 4.05. The molecule has 2 amide bonds. The van der Waals surface area contributed by atoms with Crippen molar-refractivity contribution >= 4 is 17.5 Å². The summed E-state index contributed by atoms with van der Waals surface area (Å²) in [6.07, 6.45) is 5.38. The van der Waals surface area contributed by atoms with Gasteiger partial charge in [0.05, 0.1) is 12.6 Å². The van der Waals surface area contributed by atoms with Crippen LogP contribution in [0.5, 0.6) is 0 Å². The lowest BCUT2D eigenvalue weighted by Crippen LogP contribution is -2.36. The van der Waals surface area contributed by atoms with Gasteiger partial charge in [0.1, 0.15) is 0 Å². The van der Waals surface area contributed by atoms with Crippen LogP contribution < -0.4 is 10.6 Å². The summed E-state index contributed by atoms with van der Waals surface area (Å²) in [5, 5.41) is 14.9. The second kappa shape index (κ2) is 7.34. The maximum atomic E-state index is 12.4. The topological polar surface area (TPSA) is 78.4 Å². The van der Waals surface area contributed by atoms with Crippen molar-refractivity contribution in [3.63, 3.8) is 0 Å². The van der Waals surface area contributed by atoms with Gasteiger partial charge in [-0.1, -0.05) is 13.3 Å². The van der Waals surface area contributed by atoms with E-state index in [0.717, 1.165) is 18.0 Å². The average molecular weight is 330 g/mol. The molecular weight excluding hydrogens is 304 g/mol. The van der Waals surface area contributed by atoms with Gasteiger partial charge in [0, 0.05) is 17.2 Å². The van der Waals surface area contributed by atoms with Crippen molar-refractivity contribution in [3.8, 4) is 0 Å². The van der Waals surface area contributed by atoms with Gasteiger partial charge in [-0.05, 0) is 61.8 Å². The van der Waals surface area contributed by atoms with E-state index in [1.165, 1.54) is 19.3 Å². The number of carbonyl (C=O) groups excluding carboxylic acids is 2. The van der Waals surface area contributed by atoms with Crippen LogP contribution in [0.3, 0.4) is 0 Å². The maximum absolute atomic E-state index is 12.4. The Morgan fingerprint density at radius 2 is 1.96 bits per heavy atom. The van der Waals surface area contributed by atoms with E-state index >= 15 is 0 Å². The predicted molar refractivity (Wildman–Crippen MR) is 92.6 cm³/mol. The molecule has 5 heteroatoms. The number of aliphatic hydroxyl groups excluding tert-OH is 1. The summed E-state index contributed by atoms with van der Waals surface area (Å²) in [7, 11) is 0. The lowest BCUT2D eigenvalue weighted by Gasteiger charge is -2.20. The van der Waals surface area contributed by atoms with Gasteiger partial charge in [0.2, 0.25) is 5.91 Å². The summed E-state index contributed by atoms with van der Waals surface area (Å²) in [6, 6.07) is 6.71. The minimum atomic E-state index is -0.227. The standard InChI is InChI=1S/C19H26N2O3/c1-2-15(11-22)20-18(23)13-5-7-16(8-6-13)21-19(24)17-10-12-3-4-14(17)9-12/h5-8,12,14-15,17,22H,2-4,9-11H2,1H3,(H,20,23)(H,21,24)/t12-,14-,15+,17-/m0/s1. The van der Waals surface area contributed by atoms with Crippen LogP contribution >= 0.6 is 0 Å². The first kappa shape index (κ1) is 17.0.